The maximum atomic E-state index is 12.8. The van der Waals surface area contributed by atoms with Crippen LogP contribution in [0.1, 0.15) is 18.1 Å². The van der Waals surface area contributed by atoms with Crippen molar-refractivity contribution in [3.63, 3.8) is 0 Å². The molecule has 0 fully saturated rings. The van der Waals surface area contributed by atoms with E-state index in [-0.39, 0.29) is 11.8 Å². The van der Waals surface area contributed by atoms with E-state index in [1.54, 1.807) is 12.1 Å². The lowest BCUT2D eigenvalue weighted by Crippen LogP contribution is -2.28. The van der Waals surface area contributed by atoms with Crippen molar-refractivity contribution >= 4 is 11.7 Å². The average Bonchev–Trinajstić information content (AvgIpc) is 2.47. The lowest BCUT2D eigenvalue weighted by molar-refractivity contribution is 0.251. The second-order valence-electron chi connectivity index (χ2n) is 4.44. The molecule has 0 aliphatic rings. The minimum absolute atomic E-state index is 0.268. The Bertz CT molecular complexity index is 581. The number of carbonyl (C=O) groups excluding carboxylic acids is 1. The van der Waals surface area contributed by atoms with Crippen LogP contribution in [0, 0.1) is 5.82 Å². The van der Waals surface area contributed by atoms with Crippen LogP contribution in [0.15, 0.2) is 48.5 Å². The van der Waals surface area contributed by atoms with Gasteiger partial charge >= 0.3 is 6.03 Å². The van der Waals surface area contributed by atoms with Crippen LogP contribution in [0.3, 0.4) is 0 Å². The second-order valence-corrected chi connectivity index (χ2v) is 4.44. The fraction of sp³-hybridized carbons (Fsp3) is 0.188. The van der Waals surface area contributed by atoms with Gasteiger partial charge in [0.15, 0.2) is 0 Å². The number of hydrogen-bond acceptors (Lipinski definition) is 1. The normalized spacial score (nSPS) is 10.1. The van der Waals surface area contributed by atoms with Gasteiger partial charge in [-0.1, -0.05) is 37.3 Å². The third-order valence-electron chi connectivity index (χ3n) is 3.01. The first-order valence-electron chi connectivity index (χ1n) is 6.56. The molecule has 0 unspecified atom stereocenters. The van der Waals surface area contributed by atoms with Crippen LogP contribution in [0.4, 0.5) is 14.9 Å². The molecule has 2 rings (SSSR count). The van der Waals surface area contributed by atoms with Gasteiger partial charge in [0.1, 0.15) is 5.82 Å². The van der Waals surface area contributed by atoms with Crippen molar-refractivity contribution in [3.05, 3.63) is 65.5 Å². The molecule has 0 aliphatic heterocycles. The fourth-order valence-corrected chi connectivity index (χ4v) is 1.90. The van der Waals surface area contributed by atoms with E-state index in [0.717, 1.165) is 23.2 Å². The van der Waals surface area contributed by atoms with Gasteiger partial charge in [0, 0.05) is 12.2 Å². The number of nitrogens with one attached hydrogen (secondary N) is 2. The van der Waals surface area contributed by atoms with Crippen LogP contribution in [0.2, 0.25) is 0 Å². The molecule has 0 bridgehead atoms. The predicted octanol–water partition coefficient (Wildman–Crippen LogP) is 3.71. The highest BCUT2D eigenvalue weighted by Crippen LogP contribution is 2.15. The van der Waals surface area contributed by atoms with E-state index in [4.69, 9.17) is 0 Å². The van der Waals surface area contributed by atoms with E-state index < -0.39 is 0 Å². The topological polar surface area (TPSA) is 41.1 Å². The number of carbonyl (C=O) groups is 1. The zero-order valence-corrected chi connectivity index (χ0v) is 11.3. The van der Waals surface area contributed by atoms with E-state index >= 15 is 0 Å². The van der Waals surface area contributed by atoms with Crippen molar-refractivity contribution in [3.8, 4) is 0 Å². The molecule has 0 atom stereocenters. The minimum Gasteiger partial charge on any atom is -0.334 e. The number of rotatable bonds is 4. The second kappa shape index (κ2) is 6.70. The van der Waals surface area contributed by atoms with Crippen molar-refractivity contribution < 1.29 is 9.18 Å². The first-order chi connectivity index (χ1) is 9.69. The number of halogens is 1. The molecule has 0 aromatic heterocycles. The number of amides is 2. The largest absolute Gasteiger partial charge is 0.334 e. The van der Waals surface area contributed by atoms with E-state index in [1.165, 1.54) is 12.1 Å². The number of para-hydroxylation sites is 1. The highest BCUT2D eigenvalue weighted by molar-refractivity contribution is 5.90. The predicted molar refractivity (Wildman–Crippen MR) is 78.1 cm³/mol. The van der Waals surface area contributed by atoms with E-state index in [2.05, 4.69) is 10.6 Å². The van der Waals surface area contributed by atoms with Gasteiger partial charge in [0.25, 0.3) is 0 Å². The first-order valence-corrected chi connectivity index (χ1v) is 6.56. The van der Waals surface area contributed by atoms with Crippen molar-refractivity contribution in [2.45, 2.75) is 19.9 Å². The molecule has 0 saturated carbocycles. The minimum atomic E-state index is -0.282. The fourth-order valence-electron chi connectivity index (χ4n) is 1.90. The highest BCUT2D eigenvalue weighted by atomic mass is 19.1. The maximum Gasteiger partial charge on any atom is 0.319 e. The number of aryl methyl sites for hydroxylation is 1. The van der Waals surface area contributed by atoms with Crippen LogP contribution in [-0.2, 0) is 13.0 Å². The summed E-state index contributed by atoms with van der Waals surface area (Å²) in [5.41, 5.74) is 2.75. The average molecular weight is 272 g/mol. The Balaban J connectivity index is 1.91. The lowest BCUT2D eigenvalue weighted by atomic mass is 10.1. The monoisotopic (exact) mass is 272 g/mol. The van der Waals surface area contributed by atoms with Crippen LogP contribution < -0.4 is 10.6 Å². The molecule has 0 aliphatic carbocycles. The van der Waals surface area contributed by atoms with Gasteiger partial charge < -0.3 is 10.6 Å². The third kappa shape index (κ3) is 3.82. The van der Waals surface area contributed by atoms with E-state index in [9.17, 15) is 9.18 Å². The summed E-state index contributed by atoms with van der Waals surface area (Å²) in [6.07, 6.45) is 0.856. The van der Waals surface area contributed by atoms with Crippen LogP contribution >= 0.6 is 0 Å². The Kier molecular flexibility index (Phi) is 4.71. The van der Waals surface area contributed by atoms with Crippen LogP contribution in [0.5, 0.6) is 0 Å². The summed E-state index contributed by atoms with van der Waals surface area (Å²) in [7, 11) is 0. The van der Waals surface area contributed by atoms with Crippen LogP contribution in [0.25, 0.3) is 0 Å². The van der Waals surface area contributed by atoms with E-state index in [1.807, 2.05) is 31.2 Å². The summed E-state index contributed by atoms with van der Waals surface area (Å²) in [6, 6.07) is 13.5. The van der Waals surface area contributed by atoms with Gasteiger partial charge in [-0.15, -0.1) is 0 Å². The molecule has 104 valence electrons. The third-order valence-corrected chi connectivity index (χ3v) is 3.01. The molecule has 0 spiro atoms. The number of hydrogen-bond donors (Lipinski definition) is 2. The van der Waals surface area contributed by atoms with Crippen LogP contribution in [-0.4, -0.2) is 6.03 Å². The summed E-state index contributed by atoms with van der Waals surface area (Å²) in [4.78, 5) is 11.8. The van der Waals surface area contributed by atoms with Crippen molar-refractivity contribution in [2.24, 2.45) is 0 Å². The Hall–Kier alpha value is -2.36. The number of benzene rings is 2. The molecule has 0 saturated heterocycles. The molecule has 0 heterocycles. The Morgan fingerprint density at radius 1 is 1.10 bits per heavy atom. The summed E-state index contributed by atoms with van der Waals surface area (Å²) in [5, 5.41) is 5.56. The molecule has 20 heavy (non-hydrogen) atoms. The Morgan fingerprint density at radius 2 is 1.80 bits per heavy atom. The zero-order valence-electron chi connectivity index (χ0n) is 11.3. The zero-order chi connectivity index (χ0) is 14.4. The molecule has 2 N–H and O–H groups in total. The standard InChI is InChI=1S/C16H17FN2O/c1-2-13-5-3-4-6-15(13)19-16(20)18-11-12-7-9-14(17)10-8-12/h3-10H,2,11H2,1H3,(H2,18,19,20). The summed E-state index contributed by atoms with van der Waals surface area (Å²) in [6.45, 7) is 2.40. The van der Waals surface area contributed by atoms with Gasteiger partial charge in [0.2, 0.25) is 0 Å². The van der Waals surface area contributed by atoms with Gasteiger partial charge in [-0.2, -0.15) is 0 Å². The molecule has 2 aromatic carbocycles. The summed E-state index contributed by atoms with van der Waals surface area (Å²) >= 11 is 0. The molecule has 0 radical (unpaired) electrons. The number of anilines is 1. The Morgan fingerprint density at radius 3 is 2.50 bits per heavy atom. The van der Waals surface area contributed by atoms with Crippen molar-refractivity contribution in [2.75, 3.05) is 5.32 Å². The Labute approximate surface area is 117 Å². The number of urea groups is 1. The molecule has 4 heteroatoms. The smallest absolute Gasteiger partial charge is 0.319 e. The molecule has 2 amide bonds. The molecule has 3 nitrogen and oxygen atoms in total. The highest BCUT2D eigenvalue weighted by Gasteiger charge is 2.04. The molecular formula is C16H17FN2O. The van der Waals surface area contributed by atoms with Gasteiger partial charge in [0.05, 0.1) is 0 Å². The van der Waals surface area contributed by atoms with Crippen molar-refractivity contribution in [1.29, 1.82) is 0 Å². The molecular weight excluding hydrogens is 255 g/mol. The molecule has 2 aromatic rings. The van der Waals surface area contributed by atoms with Gasteiger partial charge in [-0.05, 0) is 35.7 Å². The van der Waals surface area contributed by atoms with Crippen molar-refractivity contribution in [1.82, 2.24) is 5.32 Å². The SMILES string of the molecule is CCc1ccccc1NC(=O)NCc1ccc(F)cc1. The van der Waals surface area contributed by atoms with Gasteiger partial charge in [-0.3, -0.25) is 0 Å². The summed E-state index contributed by atoms with van der Waals surface area (Å²) < 4.78 is 12.8. The maximum absolute atomic E-state index is 12.8. The lowest BCUT2D eigenvalue weighted by Gasteiger charge is -2.11. The summed E-state index contributed by atoms with van der Waals surface area (Å²) in [5.74, 6) is -0.282. The van der Waals surface area contributed by atoms with Gasteiger partial charge in [-0.25, -0.2) is 9.18 Å². The first kappa shape index (κ1) is 14.1. The quantitative estimate of drug-likeness (QED) is 0.875. The van der Waals surface area contributed by atoms with E-state index in [0.29, 0.717) is 6.54 Å².